The number of hydrogen-bond donors (Lipinski definition) is 0. The van der Waals surface area contributed by atoms with Crippen LogP contribution in [0.1, 0.15) is 11.1 Å². The quantitative estimate of drug-likeness (QED) is 0.782. The summed E-state index contributed by atoms with van der Waals surface area (Å²) in [7, 11) is 0. The number of hydrogen-bond acceptors (Lipinski definition) is 3. The van der Waals surface area contributed by atoms with Crippen molar-refractivity contribution in [3.05, 3.63) is 58.9 Å². The monoisotopic (exact) mass is 268 g/mol. The Balaban J connectivity index is 2.14. The number of nitrogens with zero attached hydrogens (tertiary/aromatic N) is 2. The van der Waals surface area contributed by atoms with Crippen molar-refractivity contribution >= 4 is 40.9 Å². The summed E-state index contributed by atoms with van der Waals surface area (Å²) >= 11 is 5.94. The van der Waals surface area contributed by atoms with Gasteiger partial charge in [0.15, 0.2) is 6.29 Å². The number of carbonyl (C=O) groups excluding carboxylic acids is 1. The lowest BCUT2D eigenvalue weighted by Gasteiger charge is -2.01. The van der Waals surface area contributed by atoms with E-state index in [4.69, 9.17) is 11.6 Å². The van der Waals surface area contributed by atoms with Crippen LogP contribution < -0.4 is 0 Å². The second-order valence-corrected chi connectivity index (χ2v) is 4.55. The molecule has 0 unspecified atom stereocenters. The third-order valence-electron chi connectivity index (χ3n) is 2.90. The number of allylic oxidation sites excluding steroid dienone is 1. The van der Waals surface area contributed by atoms with Crippen molar-refractivity contribution in [1.82, 2.24) is 4.98 Å². The first-order chi connectivity index (χ1) is 9.28. The van der Waals surface area contributed by atoms with E-state index in [2.05, 4.69) is 9.98 Å². The maximum atomic E-state index is 11.1. The first-order valence-corrected chi connectivity index (χ1v) is 6.11. The van der Waals surface area contributed by atoms with Crippen LogP contribution >= 0.6 is 11.6 Å². The Bertz CT molecular complexity index is 705. The Labute approximate surface area is 115 Å². The Kier molecular flexibility index (Phi) is 2.97. The molecular weight excluding hydrogens is 260 g/mol. The van der Waals surface area contributed by atoms with Crippen molar-refractivity contribution in [3.8, 4) is 0 Å². The average molecular weight is 269 g/mol. The number of aliphatic imine (C=N–C) groups is 1. The molecule has 92 valence electrons. The lowest BCUT2D eigenvalue weighted by atomic mass is 10.0. The van der Waals surface area contributed by atoms with E-state index in [9.17, 15) is 4.79 Å². The van der Waals surface area contributed by atoms with Crippen LogP contribution in [0.15, 0.2) is 47.7 Å². The third-order valence-corrected chi connectivity index (χ3v) is 3.13. The molecule has 1 aromatic heterocycles. The van der Waals surface area contributed by atoms with Gasteiger partial charge in [-0.15, -0.1) is 0 Å². The summed E-state index contributed by atoms with van der Waals surface area (Å²) in [6, 6.07) is 9.19. The predicted octanol–water partition coefficient (Wildman–Crippen LogP) is 3.56. The number of fused-ring (bicyclic) bond motifs is 1. The fourth-order valence-corrected chi connectivity index (χ4v) is 2.19. The van der Waals surface area contributed by atoms with Gasteiger partial charge in [0.25, 0.3) is 0 Å². The van der Waals surface area contributed by atoms with E-state index in [1.165, 1.54) is 0 Å². The fourth-order valence-electron chi connectivity index (χ4n) is 2.02. The molecule has 0 radical (unpaired) electrons. The highest BCUT2D eigenvalue weighted by Crippen LogP contribution is 2.37. The number of aromatic nitrogens is 1. The molecule has 0 amide bonds. The number of aldehydes is 1. The smallest absolute Gasteiger partial charge is 0.169 e. The number of pyridine rings is 1. The molecule has 3 rings (SSSR count). The van der Waals surface area contributed by atoms with Crippen LogP contribution in [0.25, 0.3) is 11.6 Å². The summed E-state index contributed by atoms with van der Waals surface area (Å²) in [5.41, 5.74) is 3.86. The molecule has 0 fully saturated rings. The molecule has 0 aliphatic carbocycles. The topological polar surface area (TPSA) is 42.3 Å². The van der Waals surface area contributed by atoms with Gasteiger partial charge in [0.05, 0.1) is 5.69 Å². The van der Waals surface area contributed by atoms with Crippen molar-refractivity contribution in [1.29, 1.82) is 0 Å². The van der Waals surface area contributed by atoms with Crippen molar-refractivity contribution in [2.24, 2.45) is 4.99 Å². The van der Waals surface area contributed by atoms with Crippen LogP contribution in [0, 0.1) is 0 Å². The molecule has 0 saturated heterocycles. The van der Waals surface area contributed by atoms with Gasteiger partial charge in [-0.05, 0) is 35.9 Å². The summed E-state index contributed by atoms with van der Waals surface area (Å²) in [6.45, 7) is 0. The van der Waals surface area contributed by atoms with Gasteiger partial charge in [-0.25, -0.2) is 4.99 Å². The molecule has 0 bridgehead atoms. The maximum absolute atomic E-state index is 11.1. The van der Waals surface area contributed by atoms with E-state index in [1.807, 2.05) is 24.3 Å². The summed E-state index contributed by atoms with van der Waals surface area (Å²) in [5, 5.41) is 0.609. The Hall–Kier alpha value is -2.26. The van der Waals surface area contributed by atoms with Crippen LogP contribution in [0.5, 0.6) is 0 Å². The van der Waals surface area contributed by atoms with Gasteiger partial charge in [0.1, 0.15) is 5.71 Å². The van der Waals surface area contributed by atoms with E-state index in [1.54, 1.807) is 24.5 Å². The molecule has 4 heteroatoms. The molecule has 1 aliphatic rings. The highest BCUT2D eigenvalue weighted by atomic mass is 35.5. The lowest BCUT2D eigenvalue weighted by Crippen LogP contribution is -1.97. The van der Waals surface area contributed by atoms with Crippen molar-refractivity contribution in [2.45, 2.75) is 0 Å². The van der Waals surface area contributed by atoms with Gasteiger partial charge in [0, 0.05) is 28.6 Å². The first kappa shape index (κ1) is 11.8. The van der Waals surface area contributed by atoms with Gasteiger partial charge in [-0.2, -0.15) is 0 Å². The van der Waals surface area contributed by atoms with Gasteiger partial charge in [-0.1, -0.05) is 17.7 Å². The zero-order valence-corrected chi connectivity index (χ0v) is 10.6. The SMILES string of the molecule is O=CC1=Nc2cc(Cl)ccc2/C1=C\c1ccncc1. The van der Waals surface area contributed by atoms with E-state index in [-0.39, 0.29) is 0 Å². The minimum absolute atomic E-state index is 0.425. The van der Waals surface area contributed by atoms with E-state index < -0.39 is 0 Å². The number of rotatable bonds is 2. The van der Waals surface area contributed by atoms with Crippen LogP contribution in [0.2, 0.25) is 5.02 Å². The Morgan fingerprint density at radius 1 is 1.11 bits per heavy atom. The molecule has 1 aromatic carbocycles. The summed E-state index contributed by atoms with van der Waals surface area (Å²) in [4.78, 5) is 19.4. The van der Waals surface area contributed by atoms with Gasteiger partial charge in [-0.3, -0.25) is 9.78 Å². The molecule has 0 atom stereocenters. The molecule has 1 aliphatic heterocycles. The minimum atomic E-state index is 0.425. The Morgan fingerprint density at radius 3 is 2.63 bits per heavy atom. The van der Waals surface area contributed by atoms with Crippen molar-refractivity contribution < 1.29 is 4.79 Å². The molecule has 0 spiro atoms. The summed E-state index contributed by atoms with van der Waals surface area (Å²) < 4.78 is 0. The van der Waals surface area contributed by atoms with Crippen LogP contribution in [-0.2, 0) is 4.79 Å². The number of carbonyl (C=O) groups is 1. The van der Waals surface area contributed by atoms with Gasteiger partial charge >= 0.3 is 0 Å². The average Bonchev–Trinajstić information content (AvgIpc) is 2.77. The Morgan fingerprint density at radius 2 is 1.89 bits per heavy atom. The van der Waals surface area contributed by atoms with Crippen LogP contribution in [-0.4, -0.2) is 17.0 Å². The molecule has 0 N–H and O–H groups in total. The highest BCUT2D eigenvalue weighted by Gasteiger charge is 2.20. The number of halogens is 1. The minimum Gasteiger partial charge on any atom is -0.296 e. The molecular formula is C15H9ClN2O. The van der Waals surface area contributed by atoms with Crippen LogP contribution in [0.3, 0.4) is 0 Å². The van der Waals surface area contributed by atoms with Gasteiger partial charge in [0.2, 0.25) is 0 Å². The molecule has 2 heterocycles. The normalized spacial score (nSPS) is 15.2. The zero-order valence-electron chi connectivity index (χ0n) is 9.88. The second-order valence-electron chi connectivity index (χ2n) is 4.11. The molecule has 19 heavy (non-hydrogen) atoms. The van der Waals surface area contributed by atoms with E-state index in [0.29, 0.717) is 10.7 Å². The second kappa shape index (κ2) is 4.78. The molecule has 2 aromatic rings. The van der Waals surface area contributed by atoms with E-state index in [0.717, 1.165) is 28.7 Å². The third kappa shape index (κ3) is 2.20. The molecule has 0 saturated carbocycles. The summed E-state index contributed by atoms with van der Waals surface area (Å²) in [6.07, 6.45) is 6.11. The fraction of sp³-hybridized carbons (Fsp3) is 0. The lowest BCUT2D eigenvalue weighted by molar-refractivity contribution is -0.102. The van der Waals surface area contributed by atoms with Crippen LogP contribution in [0.4, 0.5) is 5.69 Å². The zero-order chi connectivity index (χ0) is 13.2. The molecule has 3 nitrogen and oxygen atoms in total. The van der Waals surface area contributed by atoms with E-state index >= 15 is 0 Å². The maximum Gasteiger partial charge on any atom is 0.169 e. The summed E-state index contributed by atoms with van der Waals surface area (Å²) in [5.74, 6) is 0. The van der Waals surface area contributed by atoms with Crippen molar-refractivity contribution in [2.75, 3.05) is 0 Å². The first-order valence-electron chi connectivity index (χ1n) is 5.74. The highest BCUT2D eigenvalue weighted by molar-refractivity contribution is 6.53. The largest absolute Gasteiger partial charge is 0.296 e. The van der Waals surface area contributed by atoms with Gasteiger partial charge < -0.3 is 0 Å². The standard InChI is InChI=1S/C15H9ClN2O/c16-11-1-2-12-13(7-10-3-5-17-6-4-10)15(9-19)18-14(12)8-11/h1-9H/b13-7+. The predicted molar refractivity (Wildman–Crippen MR) is 76.7 cm³/mol. The number of benzene rings is 1. The van der Waals surface area contributed by atoms with Crippen molar-refractivity contribution in [3.63, 3.8) is 0 Å².